The van der Waals surface area contributed by atoms with E-state index >= 15 is 8.78 Å². The quantitative estimate of drug-likeness (QED) is 0.460. The highest BCUT2D eigenvalue weighted by Gasteiger charge is 2.52. The molecule has 1 aliphatic carbocycles. The highest BCUT2D eigenvalue weighted by Crippen LogP contribution is 2.40. The second-order valence-corrected chi connectivity index (χ2v) is 12.7. The Kier molecular flexibility index (Phi) is 8.05. The number of carbonyl (C=O) groups excluding carboxylic acids is 2. The number of hydrogen-bond donors (Lipinski definition) is 2. The van der Waals surface area contributed by atoms with Crippen molar-refractivity contribution in [3.63, 3.8) is 0 Å². The predicted octanol–water partition coefficient (Wildman–Crippen LogP) is 4.19. The summed E-state index contributed by atoms with van der Waals surface area (Å²) in [5.41, 5.74) is -2.49. The molecule has 1 aromatic carbocycles. The van der Waals surface area contributed by atoms with Crippen LogP contribution in [0.15, 0.2) is 36.4 Å². The maximum absolute atomic E-state index is 15.7. The number of benzene rings is 1. The molecule has 3 heterocycles. The minimum Gasteiger partial charge on any atom is -0.480 e. The summed E-state index contributed by atoms with van der Waals surface area (Å²) in [5, 5.41) is 12.7. The van der Waals surface area contributed by atoms with E-state index in [1.807, 2.05) is 0 Å². The molecule has 1 saturated heterocycles. The monoisotopic (exact) mass is 602 g/mol. The number of hydrogen-bond acceptors (Lipinski definition) is 8. The minimum absolute atomic E-state index is 0.172. The zero-order chi connectivity index (χ0) is 31.2. The Morgan fingerprint density at radius 1 is 1.12 bits per heavy atom. The lowest BCUT2D eigenvalue weighted by Gasteiger charge is -2.35. The summed E-state index contributed by atoms with van der Waals surface area (Å²) in [6.45, 7) is 6.29. The van der Waals surface area contributed by atoms with Crippen molar-refractivity contribution < 1.29 is 42.5 Å². The Bertz CT molecular complexity index is 1450. The van der Waals surface area contributed by atoms with Gasteiger partial charge in [-0.15, -0.1) is 0 Å². The molecule has 11 nitrogen and oxygen atoms in total. The van der Waals surface area contributed by atoms with Crippen molar-refractivity contribution in [3.05, 3.63) is 42.1 Å². The predicted molar refractivity (Wildman–Crippen MR) is 150 cm³/mol. The molecule has 5 rings (SSSR count). The number of amides is 2. The van der Waals surface area contributed by atoms with Crippen LogP contribution in [0, 0.1) is 5.41 Å². The molecular formula is C30H36F2N4O7. The molecule has 1 saturated carbocycles. The third-order valence-corrected chi connectivity index (χ3v) is 8.03. The van der Waals surface area contributed by atoms with Gasteiger partial charge in [0, 0.05) is 6.42 Å². The summed E-state index contributed by atoms with van der Waals surface area (Å²) in [6, 6.07) is 3.97. The first-order valence-electron chi connectivity index (χ1n) is 14.3. The van der Waals surface area contributed by atoms with Crippen molar-refractivity contribution >= 4 is 29.0 Å². The van der Waals surface area contributed by atoms with E-state index in [-0.39, 0.29) is 25.1 Å². The van der Waals surface area contributed by atoms with E-state index < -0.39 is 70.8 Å². The van der Waals surface area contributed by atoms with E-state index in [9.17, 15) is 19.5 Å². The molecule has 0 spiro atoms. The maximum atomic E-state index is 15.7. The van der Waals surface area contributed by atoms with Crippen LogP contribution in [0.3, 0.4) is 0 Å². The normalized spacial score (nSPS) is 30.7. The number of para-hydroxylation sites is 2. The van der Waals surface area contributed by atoms with Crippen LogP contribution in [-0.4, -0.2) is 81.0 Å². The van der Waals surface area contributed by atoms with Gasteiger partial charge in [0.1, 0.15) is 23.8 Å². The van der Waals surface area contributed by atoms with Gasteiger partial charge in [0.2, 0.25) is 11.8 Å². The molecular weight excluding hydrogens is 566 g/mol. The molecule has 2 amide bonds. The molecule has 5 atom stereocenters. The van der Waals surface area contributed by atoms with Crippen molar-refractivity contribution in [3.8, 4) is 5.88 Å². The first-order valence-corrected chi connectivity index (χ1v) is 14.3. The Morgan fingerprint density at radius 3 is 2.47 bits per heavy atom. The molecule has 43 heavy (non-hydrogen) atoms. The third-order valence-electron chi connectivity index (χ3n) is 8.03. The van der Waals surface area contributed by atoms with Crippen LogP contribution in [0.2, 0.25) is 0 Å². The summed E-state index contributed by atoms with van der Waals surface area (Å²) in [5.74, 6) is -6.07. The fraction of sp³-hybridized carbons (Fsp3) is 0.567. The Balaban J connectivity index is 1.60. The zero-order valence-corrected chi connectivity index (χ0v) is 24.5. The minimum atomic E-state index is -3.64. The highest BCUT2D eigenvalue weighted by molar-refractivity contribution is 5.90. The lowest BCUT2D eigenvalue weighted by Crippen LogP contribution is -2.57. The number of nitrogens with zero attached hydrogens (tertiary/aromatic N) is 3. The Hall–Kier alpha value is -3.87. The summed E-state index contributed by atoms with van der Waals surface area (Å²) in [7, 11) is 0. The summed E-state index contributed by atoms with van der Waals surface area (Å²) in [6.07, 6.45) is 1.35. The summed E-state index contributed by atoms with van der Waals surface area (Å²) in [4.78, 5) is 49.0. The first-order chi connectivity index (χ1) is 20.2. The van der Waals surface area contributed by atoms with E-state index in [1.54, 1.807) is 45.0 Å². The van der Waals surface area contributed by atoms with E-state index in [0.29, 0.717) is 30.9 Å². The van der Waals surface area contributed by atoms with Gasteiger partial charge in [0.15, 0.2) is 5.69 Å². The van der Waals surface area contributed by atoms with Gasteiger partial charge in [0.25, 0.3) is 0 Å². The van der Waals surface area contributed by atoms with Crippen LogP contribution in [0.4, 0.5) is 13.6 Å². The first kappa shape index (κ1) is 30.6. The number of alkyl carbamates (subject to hydrolysis) is 1. The van der Waals surface area contributed by atoms with Crippen molar-refractivity contribution in [1.29, 1.82) is 0 Å². The van der Waals surface area contributed by atoms with Gasteiger partial charge in [-0.1, -0.05) is 39.0 Å². The van der Waals surface area contributed by atoms with Crippen LogP contribution in [0.1, 0.15) is 59.1 Å². The highest BCUT2D eigenvalue weighted by atomic mass is 19.3. The number of carbonyl (C=O) groups is 3. The van der Waals surface area contributed by atoms with E-state index in [4.69, 9.17) is 14.2 Å². The van der Waals surface area contributed by atoms with Crippen molar-refractivity contribution in [2.24, 2.45) is 5.41 Å². The van der Waals surface area contributed by atoms with Crippen molar-refractivity contribution in [1.82, 2.24) is 20.2 Å². The molecule has 2 fully saturated rings. The number of alkyl halides is 2. The largest absolute Gasteiger partial charge is 0.480 e. The molecule has 2 aliphatic heterocycles. The van der Waals surface area contributed by atoms with Crippen LogP contribution in [-0.2, 0) is 25.0 Å². The van der Waals surface area contributed by atoms with Gasteiger partial charge < -0.3 is 29.5 Å². The average molecular weight is 603 g/mol. The number of aromatic nitrogens is 2. The molecule has 232 valence electrons. The second kappa shape index (κ2) is 11.3. The zero-order valence-electron chi connectivity index (χ0n) is 24.5. The van der Waals surface area contributed by atoms with Gasteiger partial charge in [-0.3, -0.25) is 4.79 Å². The lowest BCUT2D eigenvalue weighted by molar-refractivity contribution is -0.150. The van der Waals surface area contributed by atoms with Gasteiger partial charge >= 0.3 is 18.0 Å². The smallest absolute Gasteiger partial charge is 0.408 e. The van der Waals surface area contributed by atoms with Crippen LogP contribution >= 0.6 is 0 Å². The number of carboxylic acid groups (broad SMARTS) is 1. The topological polar surface area (TPSA) is 140 Å². The molecule has 2 aromatic rings. The number of halogens is 2. The number of carboxylic acids is 1. The maximum Gasteiger partial charge on any atom is 0.408 e. The summed E-state index contributed by atoms with van der Waals surface area (Å²) >= 11 is 0. The third kappa shape index (κ3) is 6.41. The van der Waals surface area contributed by atoms with Gasteiger partial charge in [-0.25, -0.2) is 19.6 Å². The number of aliphatic carboxylic acids is 1. The van der Waals surface area contributed by atoms with Gasteiger partial charge in [0.05, 0.1) is 30.3 Å². The lowest BCUT2D eigenvalue weighted by atomic mass is 9.85. The molecule has 2 N–H and O–H groups in total. The summed E-state index contributed by atoms with van der Waals surface area (Å²) < 4.78 is 49.0. The Labute approximate surface area is 247 Å². The molecule has 1 aromatic heterocycles. The number of ether oxygens (including phenoxy) is 3. The van der Waals surface area contributed by atoms with Crippen molar-refractivity contribution in [2.45, 2.75) is 89.2 Å². The van der Waals surface area contributed by atoms with Crippen LogP contribution in [0.25, 0.3) is 11.0 Å². The van der Waals surface area contributed by atoms with Crippen molar-refractivity contribution in [2.75, 3.05) is 13.2 Å². The van der Waals surface area contributed by atoms with E-state index in [1.165, 1.54) is 13.0 Å². The number of fused-ring (bicyclic) bond motifs is 5. The molecule has 13 heteroatoms. The molecule has 2 bridgehead atoms. The average Bonchev–Trinajstić information content (AvgIpc) is 3.51. The number of nitrogens with one attached hydrogen (secondary N) is 1. The number of rotatable bonds is 1. The fourth-order valence-electron chi connectivity index (χ4n) is 5.86. The molecule has 3 aliphatic rings. The van der Waals surface area contributed by atoms with E-state index in [0.717, 1.165) is 4.90 Å². The Morgan fingerprint density at radius 2 is 1.79 bits per heavy atom. The van der Waals surface area contributed by atoms with Gasteiger partial charge in [-0.2, -0.15) is 8.78 Å². The SMILES string of the molecule is CC(C)(C)[C@@H]1NC(=O)O[C@@H]2CCC[C@H]2OC/C=C/C(F)(F)c2nc3ccccc3nc2O[C@]2(C)C[C@@H](C(=O)O)N(C2)C1=O. The van der Waals surface area contributed by atoms with E-state index in [2.05, 4.69) is 15.3 Å². The number of allylic oxidation sites excluding steroid dienone is 1. The molecule has 0 radical (unpaired) electrons. The fourth-order valence-corrected chi connectivity index (χ4v) is 5.86. The molecule has 0 unspecified atom stereocenters. The second-order valence-electron chi connectivity index (χ2n) is 12.7. The van der Waals surface area contributed by atoms with Crippen LogP contribution < -0.4 is 10.1 Å². The van der Waals surface area contributed by atoms with Crippen LogP contribution in [0.5, 0.6) is 5.88 Å². The van der Waals surface area contributed by atoms with Gasteiger partial charge in [-0.05, 0) is 49.8 Å². The standard InChI is InChI=1S/C30H36F2N4O7/c1-28(2,3)23-25(37)36-16-29(4,15-19(36)26(38)39)43-24-22(33-17-9-5-6-10-18(17)34-24)30(31,32)13-8-14-41-20-11-7-12-21(20)42-27(40)35-23/h5-6,8-10,13,19-21,23H,7,11-12,14-16H2,1-4H3,(H,35,40)(H,38,39)/b13-8+/t19-,20+,21+,23+,29+/m0/s1.